The van der Waals surface area contributed by atoms with E-state index in [0.29, 0.717) is 121 Å². The summed E-state index contributed by atoms with van der Waals surface area (Å²) in [4.78, 5) is 37.2. The summed E-state index contributed by atoms with van der Waals surface area (Å²) in [6.07, 6.45) is 9.40. The molecule has 0 aromatic carbocycles. The van der Waals surface area contributed by atoms with Gasteiger partial charge in [0.1, 0.15) is 0 Å². The van der Waals surface area contributed by atoms with Crippen LogP contribution in [0.5, 0.6) is 0 Å². The standard InChI is InChI=1S/C65H148N26O3/c1-11-48(8)58(80-32-30-76-27-28-78-37-52(18-15-24-82-64(71)72)86-40-55(33-46(4)5)79-31-29-75-13-3)43-89-57(35-62(68)94)41-87-56(34-47(6)7)42-90-59(49(9)12-2)44-91-60(50(10)92)45-88-53(19-16-25-83-65(73)74)38-85-54(20-21-61(67)93)39-84-51(36-77-26-22-66)17-14-23-81-63(69)70/h46-60,75-80,84-92H,11-45,66H2,1-10H3,(H2,67,93)(H2,68,94)(H4,69,70,81)(H4,71,72,82)(H4,73,74,83)/t48-,49-,50+,51-,52-,53-,54-,55-,56-,57-,58+,59+,60+/m0/s1. The van der Waals surface area contributed by atoms with E-state index in [-0.39, 0.29) is 90.9 Å². The van der Waals surface area contributed by atoms with Gasteiger partial charge < -0.3 is 131 Å². The lowest BCUT2D eigenvalue weighted by Crippen LogP contribution is -2.56. The van der Waals surface area contributed by atoms with Crippen molar-refractivity contribution in [3.05, 3.63) is 0 Å². The molecule has 0 spiro atoms. The van der Waals surface area contributed by atoms with Crippen molar-refractivity contribution in [3.63, 3.8) is 0 Å². The number of carbonyl (C=O) groups is 2. The average molecular weight is 1340 g/mol. The van der Waals surface area contributed by atoms with Crippen LogP contribution >= 0.6 is 0 Å². The van der Waals surface area contributed by atoms with E-state index in [9.17, 15) is 14.7 Å². The molecule has 0 saturated carbocycles. The first-order chi connectivity index (χ1) is 44.9. The zero-order valence-corrected chi connectivity index (χ0v) is 60.7. The summed E-state index contributed by atoms with van der Waals surface area (Å²) >= 11 is 0. The van der Waals surface area contributed by atoms with Gasteiger partial charge in [0.15, 0.2) is 17.9 Å². The lowest BCUT2D eigenvalue weighted by molar-refractivity contribution is -0.119. The van der Waals surface area contributed by atoms with Gasteiger partial charge in [0.2, 0.25) is 11.8 Å². The molecule has 0 radical (unpaired) electrons. The lowest BCUT2D eigenvalue weighted by atomic mass is 9.97. The predicted octanol–water partition coefficient (Wildman–Crippen LogP) is -3.23. The van der Waals surface area contributed by atoms with Crippen LogP contribution < -0.4 is 126 Å². The van der Waals surface area contributed by atoms with E-state index in [0.717, 1.165) is 130 Å². The van der Waals surface area contributed by atoms with Gasteiger partial charge in [-0.3, -0.25) is 24.6 Å². The summed E-state index contributed by atoms with van der Waals surface area (Å²) in [7, 11) is 0. The van der Waals surface area contributed by atoms with Gasteiger partial charge in [0, 0.05) is 211 Å². The molecule has 94 heavy (non-hydrogen) atoms. The number of hydrogen-bond donors (Lipinski definition) is 24. The highest BCUT2D eigenvalue weighted by Crippen LogP contribution is 2.13. The smallest absolute Gasteiger partial charge is 0.219 e. The largest absolute Gasteiger partial charge is 0.392 e. The van der Waals surface area contributed by atoms with E-state index in [1.54, 1.807) is 0 Å². The fourth-order valence-corrected chi connectivity index (χ4v) is 11.3. The number of nitrogens with two attached hydrogens (primary N) is 9. The van der Waals surface area contributed by atoms with Crippen molar-refractivity contribution < 1.29 is 14.7 Å². The van der Waals surface area contributed by atoms with E-state index in [1.807, 2.05) is 6.92 Å². The van der Waals surface area contributed by atoms with Crippen molar-refractivity contribution in [3.8, 4) is 0 Å². The minimum Gasteiger partial charge on any atom is -0.392 e. The van der Waals surface area contributed by atoms with E-state index in [4.69, 9.17) is 51.6 Å². The van der Waals surface area contributed by atoms with Crippen molar-refractivity contribution in [1.29, 1.82) is 0 Å². The summed E-state index contributed by atoms with van der Waals surface area (Å²) in [6.45, 7) is 37.9. The summed E-state index contributed by atoms with van der Waals surface area (Å²) in [5.41, 5.74) is 51.1. The maximum absolute atomic E-state index is 12.6. The van der Waals surface area contributed by atoms with Gasteiger partial charge in [-0.25, -0.2) is 0 Å². The average Bonchev–Trinajstić information content (AvgIpc) is 1.50. The van der Waals surface area contributed by atoms with Crippen molar-refractivity contribution in [2.45, 2.75) is 219 Å². The van der Waals surface area contributed by atoms with E-state index in [1.165, 1.54) is 0 Å². The second kappa shape index (κ2) is 59.2. The van der Waals surface area contributed by atoms with Gasteiger partial charge in [-0.15, -0.1) is 0 Å². The SMILES string of the molecule is CCNCCN[C@H](CN[C@@H](CCCN=C(N)N)CNCCNCCN[C@H](CN[C@H](CN[C@H](CN[C@H](CN[C@H](CN[C@@H](CCCN=C(N)N)CN[C@@H](CCC(N)=O)CN[C@@H](CCCN=C(N)N)CNCCN)[C@@H](C)O)[C@@H](C)CC)CC(C)C)CC(N)=O)[C@@H](C)CC)CC(C)C. The number of aliphatic hydroxyl groups is 1. The maximum Gasteiger partial charge on any atom is 0.219 e. The van der Waals surface area contributed by atoms with Crippen molar-refractivity contribution in [1.82, 2.24) is 74.4 Å². The van der Waals surface area contributed by atoms with Crippen LogP contribution in [0.25, 0.3) is 0 Å². The van der Waals surface area contributed by atoms with E-state index < -0.39 is 6.10 Å². The molecule has 0 fully saturated rings. The normalized spacial score (nSPS) is 16.1. The number of primary amides is 2. The number of aliphatic hydroxyl groups excluding tert-OH is 1. The fraction of sp³-hybridized carbons (Fsp3) is 0.923. The highest BCUT2D eigenvalue weighted by atomic mass is 16.3. The van der Waals surface area contributed by atoms with Crippen LogP contribution in [0, 0.1) is 23.7 Å². The second-order valence-corrected chi connectivity index (χ2v) is 27.0. The molecule has 0 aromatic heterocycles. The Balaban J connectivity index is 5.84. The van der Waals surface area contributed by atoms with E-state index >= 15 is 0 Å². The second-order valence-electron chi connectivity index (χ2n) is 27.0. The molecule has 0 aliphatic heterocycles. The highest BCUT2D eigenvalue weighted by Gasteiger charge is 2.26. The Bertz CT molecular complexity index is 1880. The molecule has 0 aliphatic rings. The zero-order chi connectivity index (χ0) is 70.3. The monoisotopic (exact) mass is 1340 g/mol. The molecule has 33 N–H and O–H groups in total. The van der Waals surface area contributed by atoms with Gasteiger partial charge >= 0.3 is 0 Å². The molecule has 0 bridgehead atoms. The van der Waals surface area contributed by atoms with Crippen LogP contribution in [-0.4, -0.2) is 245 Å². The number of hydrogen-bond acceptors (Lipinski definition) is 21. The van der Waals surface area contributed by atoms with Crippen LogP contribution in [0.4, 0.5) is 0 Å². The number of nitrogens with zero attached hydrogens (tertiary/aromatic N) is 3. The summed E-state index contributed by atoms with van der Waals surface area (Å²) in [6, 6.07) is 0.771. The minimum absolute atomic E-state index is 0.0131. The molecule has 29 nitrogen and oxygen atoms in total. The first kappa shape index (κ1) is 90.1. The number of carbonyl (C=O) groups excluding carboxylic acids is 2. The van der Waals surface area contributed by atoms with Crippen molar-refractivity contribution in [2.24, 2.45) is 90.3 Å². The predicted molar refractivity (Wildman–Crippen MR) is 396 cm³/mol. The van der Waals surface area contributed by atoms with Crippen LogP contribution in [0.1, 0.15) is 153 Å². The number of rotatable bonds is 68. The molecule has 0 heterocycles. The van der Waals surface area contributed by atoms with Gasteiger partial charge in [-0.05, 0) is 94.9 Å². The van der Waals surface area contributed by atoms with Gasteiger partial charge in [0.05, 0.1) is 6.10 Å². The summed E-state index contributed by atoms with van der Waals surface area (Å²) in [5, 5.41) is 63.2. The third kappa shape index (κ3) is 53.2. The molecule has 13 atom stereocenters. The molecule has 0 rings (SSSR count). The number of nitrogens with one attached hydrogen (secondary N) is 14. The van der Waals surface area contributed by atoms with Gasteiger partial charge in [0.25, 0.3) is 0 Å². The molecular weight excluding hydrogens is 1190 g/mol. The molecule has 29 heteroatoms. The first-order valence-electron chi connectivity index (χ1n) is 36.2. The molecule has 0 aromatic rings. The van der Waals surface area contributed by atoms with Crippen LogP contribution in [0.2, 0.25) is 0 Å². The number of guanidine groups is 3. The Morgan fingerprint density at radius 3 is 1.23 bits per heavy atom. The Morgan fingerprint density at radius 1 is 0.383 bits per heavy atom. The minimum atomic E-state index is -0.651. The third-order valence-corrected chi connectivity index (χ3v) is 17.3. The topological polar surface area (TPSA) is 494 Å². The molecule has 0 saturated heterocycles. The number of aliphatic imine (C=N–C) groups is 3. The molecule has 2 amide bonds. The van der Waals surface area contributed by atoms with Crippen LogP contribution in [0.3, 0.4) is 0 Å². The molecular formula is C65H148N26O3. The van der Waals surface area contributed by atoms with Crippen LogP contribution in [-0.2, 0) is 9.59 Å². The maximum atomic E-state index is 12.6. The zero-order valence-electron chi connectivity index (χ0n) is 60.7. The van der Waals surface area contributed by atoms with E-state index in [2.05, 4.69) is 152 Å². The highest BCUT2D eigenvalue weighted by molar-refractivity contribution is 5.76. The molecule has 0 unspecified atom stereocenters. The lowest BCUT2D eigenvalue weighted by Gasteiger charge is -2.33. The molecule has 0 aliphatic carbocycles. The van der Waals surface area contributed by atoms with Gasteiger partial charge in [-0.1, -0.05) is 75.2 Å². The number of likely N-dealkylation sites (N-methyl/N-ethyl adjacent to an activating group) is 1. The summed E-state index contributed by atoms with van der Waals surface area (Å²) < 4.78 is 0. The summed E-state index contributed by atoms with van der Waals surface area (Å²) in [5.74, 6) is 1.35. The fourth-order valence-electron chi connectivity index (χ4n) is 11.3. The van der Waals surface area contributed by atoms with Crippen LogP contribution in [0.15, 0.2) is 15.0 Å². The Hall–Kier alpha value is -3.89. The van der Waals surface area contributed by atoms with Crippen molar-refractivity contribution in [2.75, 3.05) is 144 Å². The van der Waals surface area contributed by atoms with Gasteiger partial charge in [-0.2, -0.15) is 0 Å². The Labute approximate surface area is 570 Å². The third-order valence-electron chi connectivity index (χ3n) is 17.3. The van der Waals surface area contributed by atoms with Crippen molar-refractivity contribution >= 4 is 29.7 Å². The molecule has 556 valence electrons. The Kier molecular flexibility index (Phi) is 56.7. The first-order valence-corrected chi connectivity index (χ1v) is 36.2. The number of amides is 2. The Morgan fingerprint density at radius 2 is 0.755 bits per heavy atom. The quantitative estimate of drug-likeness (QED) is 0.0162.